The Labute approximate surface area is 162 Å². The number of cyclic esters (lactones) is 1. The van der Waals surface area contributed by atoms with Gasteiger partial charge in [-0.05, 0) is 25.0 Å². The molecule has 144 valence electrons. The van der Waals surface area contributed by atoms with Crippen molar-refractivity contribution in [3.63, 3.8) is 0 Å². The minimum Gasteiger partial charge on any atom is -0.457 e. The number of carbonyl (C=O) groups excluding carboxylic acids is 1. The van der Waals surface area contributed by atoms with Gasteiger partial charge in [0.05, 0.1) is 17.4 Å². The lowest BCUT2D eigenvalue weighted by Gasteiger charge is -2.12. The van der Waals surface area contributed by atoms with Gasteiger partial charge >= 0.3 is 5.97 Å². The highest BCUT2D eigenvalue weighted by molar-refractivity contribution is 5.93. The summed E-state index contributed by atoms with van der Waals surface area (Å²) < 4.78 is 6.77. The highest BCUT2D eigenvalue weighted by atomic mass is 16.5. The third-order valence-corrected chi connectivity index (χ3v) is 4.56. The lowest BCUT2D eigenvalue weighted by atomic mass is 10.0. The van der Waals surface area contributed by atoms with E-state index in [9.17, 15) is 9.90 Å². The molecule has 1 aliphatic rings. The fourth-order valence-corrected chi connectivity index (χ4v) is 3.14. The van der Waals surface area contributed by atoms with Crippen LogP contribution in [0, 0.1) is 6.92 Å². The molecular weight excluding hydrogens is 358 g/mol. The molecule has 8 nitrogen and oxygen atoms in total. The number of hydrogen-bond donors (Lipinski definition) is 2. The molecule has 2 aromatic heterocycles. The van der Waals surface area contributed by atoms with Crippen molar-refractivity contribution >= 4 is 5.97 Å². The molecule has 3 heterocycles. The Morgan fingerprint density at radius 2 is 2.07 bits per heavy atom. The van der Waals surface area contributed by atoms with E-state index >= 15 is 0 Å². The zero-order chi connectivity index (χ0) is 19.5. The molecule has 4 rings (SSSR count). The first-order valence-corrected chi connectivity index (χ1v) is 9.08. The smallest absolute Gasteiger partial charge is 0.338 e. The van der Waals surface area contributed by atoms with Crippen molar-refractivity contribution in [2.75, 3.05) is 6.54 Å². The van der Waals surface area contributed by atoms with Crippen LogP contribution >= 0.6 is 0 Å². The van der Waals surface area contributed by atoms with Gasteiger partial charge in [-0.25, -0.2) is 19.7 Å². The van der Waals surface area contributed by atoms with Gasteiger partial charge in [0.1, 0.15) is 12.9 Å². The quantitative estimate of drug-likeness (QED) is 0.597. The first-order chi connectivity index (χ1) is 13.6. The van der Waals surface area contributed by atoms with Gasteiger partial charge in [-0.2, -0.15) is 0 Å². The predicted octanol–water partition coefficient (Wildman–Crippen LogP) is 1.33. The van der Waals surface area contributed by atoms with Crippen LogP contribution in [0.2, 0.25) is 0 Å². The van der Waals surface area contributed by atoms with E-state index in [0.717, 1.165) is 22.4 Å². The van der Waals surface area contributed by atoms with Gasteiger partial charge in [0.25, 0.3) is 0 Å². The number of benzene rings is 1. The second kappa shape index (κ2) is 7.87. The molecule has 0 saturated carbocycles. The van der Waals surface area contributed by atoms with Crippen LogP contribution in [0.25, 0.3) is 5.95 Å². The Bertz CT molecular complexity index is 984. The first kappa shape index (κ1) is 18.3. The van der Waals surface area contributed by atoms with E-state index in [1.807, 2.05) is 25.3 Å². The second-order valence-corrected chi connectivity index (χ2v) is 6.87. The van der Waals surface area contributed by atoms with Crippen LogP contribution in [0.1, 0.15) is 32.7 Å². The number of aryl methyl sites for hydroxylation is 1. The minimum atomic E-state index is -0.537. The van der Waals surface area contributed by atoms with Crippen LogP contribution in [0.15, 0.2) is 43.1 Å². The van der Waals surface area contributed by atoms with Crippen LogP contribution in [-0.2, 0) is 24.3 Å². The molecule has 0 bridgehead atoms. The molecule has 0 spiro atoms. The van der Waals surface area contributed by atoms with E-state index < -0.39 is 6.10 Å². The monoisotopic (exact) mass is 379 g/mol. The number of aliphatic hydroxyl groups excluding tert-OH is 1. The number of ether oxygens (including phenoxy) is 1. The van der Waals surface area contributed by atoms with E-state index in [1.54, 1.807) is 29.4 Å². The third-order valence-electron chi connectivity index (χ3n) is 4.56. The Morgan fingerprint density at radius 3 is 2.82 bits per heavy atom. The Morgan fingerprint density at radius 1 is 1.25 bits per heavy atom. The van der Waals surface area contributed by atoms with E-state index in [-0.39, 0.29) is 5.97 Å². The summed E-state index contributed by atoms with van der Waals surface area (Å²) in [6, 6.07) is 5.55. The van der Waals surface area contributed by atoms with Crippen molar-refractivity contribution in [1.29, 1.82) is 0 Å². The maximum absolute atomic E-state index is 11.5. The molecule has 0 radical (unpaired) electrons. The van der Waals surface area contributed by atoms with Crippen molar-refractivity contribution in [3.8, 4) is 5.95 Å². The SMILES string of the molecule is Cc1cn(-c2ncc(CNC[C@H](O)Cc3ccc4c(c3)COC4=O)cn2)cn1. The average molecular weight is 379 g/mol. The van der Waals surface area contributed by atoms with Gasteiger partial charge in [-0.3, -0.25) is 4.57 Å². The average Bonchev–Trinajstić information content (AvgIpc) is 3.28. The number of aliphatic hydroxyl groups is 1. The lowest BCUT2D eigenvalue weighted by Crippen LogP contribution is -2.28. The van der Waals surface area contributed by atoms with Gasteiger partial charge in [0, 0.05) is 42.8 Å². The molecule has 1 atom stereocenters. The standard InChI is InChI=1S/C20H21N5O3/c1-13-10-25(12-24-13)20-22-7-15(8-23-20)6-21-9-17(26)5-14-2-3-18-16(4-14)11-28-19(18)27/h2-4,7-8,10,12,17,21,26H,5-6,9,11H2,1H3/t17-/m1/s1. The summed E-state index contributed by atoms with van der Waals surface area (Å²) in [5.74, 6) is 0.295. The van der Waals surface area contributed by atoms with Gasteiger partial charge in [-0.15, -0.1) is 0 Å². The van der Waals surface area contributed by atoms with Crippen LogP contribution < -0.4 is 5.32 Å². The predicted molar refractivity (Wildman–Crippen MR) is 101 cm³/mol. The first-order valence-electron chi connectivity index (χ1n) is 9.08. The van der Waals surface area contributed by atoms with Crippen LogP contribution in [0.3, 0.4) is 0 Å². The fourth-order valence-electron chi connectivity index (χ4n) is 3.14. The van der Waals surface area contributed by atoms with Crippen LogP contribution in [-0.4, -0.2) is 43.2 Å². The number of esters is 1. The van der Waals surface area contributed by atoms with Crippen molar-refractivity contribution in [2.45, 2.75) is 32.6 Å². The molecule has 3 aromatic rings. The zero-order valence-corrected chi connectivity index (χ0v) is 15.5. The third kappa shape index (κ3) is 4.08. The Kier molecular flexibility index (Phi) is 5.14. The number of rotatable bonds is 7. The van der Waals surface area contributed by atoms with E-state index in [4.69, 9.17) is 4.74 Å². The van der Waals surface area contributed by atoms with Crippen molar-refractivity contribution < 1.29 is 14.6 Å². The number of aromatic nitrogens is 4. The molecule has 0 fully saturated rings. The molecule has 0 amide bonds. The van der Waals surface area contributed by atoms with Crippen LogP contribution in [0.5, 0.6) is 0 Å². The topological polar surface area (TPSA) is 102 Å². The van der Waals surface area contributed by atoms with Crippen LogP contribution in [0.4, 0.5) is 0 Å². The van der Waals surface area contributed by atoms with Gasteiger partial charge < -0.3 is 15.2 Å². The summed E-state index contributed by atoms with van der Waals surface area (Å²) in [5, 5.41) is 13.5. The maximum Gasteiger partial charge on any atom is 0.338 e. The summed E-state index contributed by atoms with van der Waals surface area (Å²) in [5.41, 5.74) is 4.32. The van der Waals surface area contributed by atoms with Crippen molar-refractivity contribution in [3.05, 3.63) is 71.1 Å². The van der Waals surface area contributed by atoms with Gasteiger partial charge in [0.15, 0.2) is 0 Å². The Balaban J connectivity index is 1.26. The second-order valence-electron chi connectivity index (χ2n) is 6.87. The minimum absolute atomic E-state index is 0.278. The molecule has 8 heteroatoms. The summed E-state index contributed by atoms with van der Waals surface area (Å²) in [7, 11) is 0. The number of nitrogens with zero attached hydrogens (tertiary/aromatic N) is 4. The van der Waals surface area contributed by atoms with E-state index in [1.165, 1.54) is 0 Å². The molecular formula is C20H21N5O3. The van der Waals surface area contributed by atoms with Crippen molar-refractivity contribution in [2.24, 2.45) is 0 Å². The summed E-state index contributed by atoms with van der Waals surface area (Å²) >= 11 is 0. The van der Waals surface area contributed by atoms with E-state index in [2.05, 4.69) is 20.3 Å². The van der Waals surface area contributed by atoms with E-state index in [0.29, 0.717) is 37.6 Å². The highest BCUT2D eigenvalue weighted by Gasteiger charge is 2.21. The number of carbonyl (C=O) groups is 1. The summed E-state index contributed by atoms with van der Waals surface area (Å²) in [6.07, 6.45) is 7.03. The molecule has 2 N–H and O–H groups in total. The zero-order valence-electron chi connectivity index (χ0n) is 15.5. The number of hydrogen-bond acceptors (Lipinski definition) is 7. The maximum atomic E-state index is 11.5. The molecule has 0 aliphatic carbocycles. The number of imidazole rings is 1. The summed E-state index contributed by atoms with van der Waals surface area (Å²) in [4.78, 5) is 24.3. The number of fused-ring (bicyclic) bond motifs is 1. The van der Waals surface area contributed by atoms with Gasteiger partial charge in [-0.1, -0.05) is 12.1 Å². The molecule has 1 aliphatic heterocycles. The molecule has 28 heavy (non-hydrogen) atoms. The lowest BCUT2D eigenvalue weighted by molar-refractivity contribution is 0.0535. The molecule has 0 saturated heterocycles. The van der Waals surface area contributed by atoms with Crippen molar-refractivity contribution in [1.82, 2.24) is 24.8 Å². The summed E-state index contributed by atoms with van der Waals surface area (Å²) in [6.45, 7) is 3.23. The molecule has 0 unspecified atom stereocenters. The largest absolute Gasteiger partial charge is 0.457 e. The Hall–Kier alpha value is -3.10. The number of nitrogens with one attached hydrogen (secondary N) is 1. The molecule has 1 aromatic carbocycles. The normalized spacial score (nSPS) is 14.0. The van der Waals surface area contributed by atoms with Gasteiger partial charge in [0.2, 0.25) is 5.95 Å². The highest BCUT2D eigenvalue weighted by Crippen LogP contribution is 2.21. The fraction of sp³-hybridized carbons (Fsp3) is 0.300.